The number of hydrogen-bond donors (Lipinski definition) is 1. The van der Waals surface area contributed by atoms with Crippen molar-refractivity contribution in [3.63, 3.8) is 0 Å². The second-order valence-corrected chi connectivity index (χ2v) is 3.87. The fraction of sp³-hybridized carbons (Fsp3) is 0.167. The van der Waals surface area contributed by atoms with Crippen LogP contribution in [0.5, 0.6) is 0 Å². The van der Waals surface area contributed by atoms with Gasteiger partial charge in [-0.25, -0.2) is 14.4 Å². The first-order valence-electron chi connectivity index (χ1n) is 5.52. The van der Waals surface area contributed by atoms with Gasteiger partial charge in [-0.15, -0.1) is 0 Å². The van der Waals surface area contributed by atoms with Crippen LogP contribution in [-0.2, 0) is 6.54 Å². The molecule has 0 amide bonds. The van der Waals surface area contributed by atoms with Crippen LogP contribution < -0.4 is 5.32 Å². The highest BCUT2D eigenvalue weighted by atomic mass is 19.1. The predicted molar refractivity (Wildman–Crippen MR) is 67.2 cm³/mol. The highest BCUT2D eigenvalue weighted by Gasteiger charge is 2.14. The van der Waals surface area contributed by atoms with E-state index in [-0.39, 0.29) is 11.4 Å². The minimum Gasteiger partial charge on any atom is -0.374 e. The van der Waals surface area contributed by atoms with Crippen molar-refractivity contribution in [3.8, 4) is 0 Å². The summed E-state index contributed by atoms with van der Waals surface area (Å²) in [4.78, 5) is 18.3. The number of aromatic nitrogens is 2. The summed E-state index contributed by atoms with van der Waals surface area (Å²) in [6.45, 7) is 2.06. The van der Waals surface area contributed by atoms with Crippen molar-refractivity contribution in [1.82, 2.24) is 9.97 Å². The maximum atomic E-state index is 13.0. The summed E-state index contributed by atoms with van der Waals surface area (Å²) >= 11 is 0. The molecule has 19 heavy (non-hydrogen) atoms. The third-order valence-corrected chi connectivity index (χ3v) is 2.45. The van der Waals surface area contributed by atoms with E-state index in [1.807, 2.05) is 0 Å². The first kappa shape index (κ1) is 12.9. The van der Waals surface area contributed by atoms with Crippen molar-refractivity contribution in [2.24, 2.45) is 0 Å². The van der Waals surface area contributed by atoms with Gasteiger partial charge in [0.05, 0.1) is 23.2 Å². The molecule has 0 spiro atoms. The predicted octanol–water partition coefficient (Wildman–Crippen LogP) is 2.44. The Labute approximate surface area is 108 Å². The lowest BCUT2D eigenvalue weighted by Crippen LogP contribution is -2.05. The number of rotatable bonds is 4. The zero-order chi connectivity index (χ0) is 13.8. The molecule has 1 aromatic heterocycles. The van der Waals surface area contributed by atoms with Crippen LogP contribution in [0.4, 0.5) is 15.8 Å². The Bertz CT molecular complexity index is 618. The van der Waals surface area contributed by atoms with Crippen molar-refractivity contribution in [2.75, 3.05) is 5.32 Å². The molecular formula is C12H11FN4O2. The lowest BCUT2D eigenvalue weighted by Gasteiger charge is -2.07. The van der Waals surface area contributed by atoms with Gasteiger partial charge in [-0.05, 0) is 25.1 Å². The Morgan fingerprint density at radius 2 is 2.21 bits per heavy atom. The number of nitro groups is 1. The third kappa shape index (κ3) is 3.21. The van der Waals surface area contributed by atoms with Gasteiger partial charge < -0.3 is 5.32 Å². The Balaban J connectivity index is 2.17. The molecule has 0 aliphatic heterocycles. The maximum Gasteiger partial charge on any atom is 0.295 e. The summed E-state index contributed by atoms with van der Waals surface area (Å²) in [5, 5.41) is 13.7. The average molecular weight is 262 g/mol. The molecule has 1 aromatic carbocycles. The number of nitrogens with zero attached hydrogens (tertiary/aromatic N) is 3. The van der Waals surface area contributed by atoms with E-state index in [1.165, 1.54) is 12.1 Å². The van der Waals surface area contributed by atoms with E-state index in [4.69, 9.17) is 0 Å². The summed E-state index contributed by atoms with van der Waals surface area (Å²) in [6.07, 6.45) is 1.61. The number of hydrogen-bond acceptors (Lipinski definition) is 5. The Morgan fingerprint density at radius 1 is 1.42 bits per heavy atom. The number of aryl methyl sites for hydroxylation is 1. The number of anilines is 1. The van der Waals surface area contributed by atoms with Gasteiger partial charge in [0, 0.05) is 6.20 Å². The number of benzene rings is 1. The molecule has 0 aliphatic carbocycles. The summed E-state index contributed by atoms with van der Waals surface area (Å²) in [5.41, 5.74) is 0.652. The van der Waals surface area contributed by atoms with Crippen LogP contribution in [-0.4, -0.2) is 14.9 Å². The molecule has 0 atom stereocenters. The topological polar surface area (TPSA) is 81.0 Å². The zero-order valence-corrected chi connectivity index (χ0v) is 10.1. The first-order valence-corrected chi connectivity index (χ1v) is 5.52. The molecule has 2 rings (SSSR count). The van der Waals surface area contributed by atoms with Gasteiger partial charge in [-0.1, -0.05) is 0 Å². The van der Waals surface area contributed by atoms with Crippen LogP contribution in [0, 0.1) is 22.9 Å². The van der Waals surface area contributed by atoms with Gasteiger partial charge in [0.15, 0.2) is 0 Å². The normalized spacial score (nSPS) is 10.2. The quantitative estimate of drug-likeness (QED) is 0.676. The second kappa shape index (κ2) is 5.38. The summed E-state index contributed by atoms with van der Waals surface area (Å²) in [7, 11) is 0. The van der Waals surface area contributed by atoms with Crippen LogP contribution in [0.3, 0.4) is 0 Å². The summed E-state index contributed by atoms with van der Waals surface area (Å²) in [5.74, 6) is -0.0250. The smallest absolute Gasteiger partial charge is 0.295 e. The van der Waals surface area contributed by atoms with Gasteiger partial charge in [-0.2, -0.15) is 0 Å². The van der Waals surface area contributed by atoms with Crippen LogP contribution >= 0.6 is 0 Å². The molecule has 1 N–H and O–H groups in total. The van der Waals surface area contributed by atoms with Crippen LogP contribution in [0.25, 0.3) is 0 Å². The maximum absolute atomic E-state index is 13.0. The Morgan fingerprint density at radius 3 is 2.89 bits per heavy atom. The van der Waals surface area contributed by atoms with E-state index in [2.05, 4.69) is 15.3 Å². The van der Waals surface area contributed by atoms with Crippen LogP contribution in [0.15, 0.2) is 30.5 Å². The molecular weight excluding hydrogens is 251 g/mol. The number of nitro benzene ring substituents is 1. The molecule has 0 saturated carbocycles. The summed E-state index contributed by atoms with van der Waals surface area (Å²) < 4.78 is 13.0. The molecule has 0 bridgehead atoms. The lowest BCUT2D eigenvalue weighted by atomic mass is 10.2. The highest BCUT2D eigenvalue weighted by molar-refractivity contribution is 5.61. The van der Waals surface area contributed by atoms with Gasteiger partial charge in [0.2, 0.25) is 0 Å². The van der Waals surface area contributed by atoms with Gasteiger partial charge in [-0.3, -0.25) is 10.1 Å². The molecule has 0 radical (unpaired) electrons. The molecule has 0 saturated heterocycles. The van der Waals surface area contributed by atoms with E-state index >= 15 is 0 Å². The largest absolute Gasteiger partial charge is 0.374 e. The van der Waals surface area contributed by atoms with Gasteiger partial charge in [0.1, 0.15) is 17.3 Å². The van der Waals surface area contributed by atoms with E-state index in [0.717, 1.165) is 6.07 Å². The Hall–Kier alpha value is -2.57. The van der Waals surface area contributed by atoms with E-state index in [1.54, 1.807) is 19.2 Å². The Kier molecular flexibility index (Phi) is 3.65. The minimum absolute atomic E-state index is 0.252. The van der Waals surface area contributed by atoms with Crippen molar-refractivity contribution < 1.29 is 9.31 Å². The van der Waals surface area contributed by atoms with Crippen molar-refractivity contribution in [1.29, 1.82) is 0 Å². The second-order valence-electron chi connectivity index (χ2n) is 3.87. The van der Waals surface area contributed by atoms with E-state index in [0.29, 0.717) is 18.1 Å². The molecule has 1 heterocycles. The van der Waals surface area contributed by atoms with Gasteiger partial charge in [0.25, 0.3) is 5.69 Å². The molecule has 2 aromatic rings. The molecule has 0 fully saturated rings. The molecule has 0 aliphatic rings. The number of halogens is 1. The van der Waals surface area contributed by atoms with Crippen molar-refractivity contribution >= 4 is 11.4 Å². The minimum atomic E-state index is -0.643. The van der Waals surface area contributed by atoms with Gasteiger partial charge >= 0.3 is 0 Å². The molecule has 98 valence electrons. The fourth-order valence-corrected chi connectivity index (χ4v) is 1.59. The summed E-state index contributed by atoms with van der Waals surface area (Å²) in [6, 6.07) is 5.09. The van der Waals surface area contributed by atoms with E-state index in [9.17, 15) is 14.5 Å². The van der Waals surface area contributed by atoms with Crippen LogP contribution in [0.2, 0.25) is 0 Å². The molecule has 7 heteroatoms. The molecule has 6 nitrogen and oxygen atoms in total. The molecule has 0 unspecified atom stereocenters. The number of nitrogens with one attached hydrogen (secondary N) is 1. The first-order chi connectivity index (χ1) is 9.06. The SMILES string of the molecule is Cc1nccc(CNc2ccc(F)cc2[N+](=O)[O-])n1. The monoisotopic (exact) mass is 262 g/mol. The third-order valence-electron chi connectivity index (χ3n) is 2.45. The average Bonchev–Trinajstić information content (AvgIpc) is 2.37. The van der Waals surface area contributed by atoms with Crippen molar-refractivity contribution in [2.45, 2.75) is 13.5 Å². The van der Waals surface area contributed by atoms with Crippen molar-refractivity contribution in [3.05, 3.63) is 57.9 Å². The van der Waals surface area contributed by atoms with Crippen LogP contribution in [0.1, 0.15) is 11.5 Å². The van der Waals surface area contributed by atoms with E-state index < -0.39 is 10.7 Å². The zero-order valence-electron chi connectivity index (χ0n) is 10.1. The lowest BCUT2D eigenvalue weighted by molar-refractivity contribution is -0.384. The standard InChI is InChI=1S/C12H11FN4O2/c1-8-14-5-4-10(16-8)7-15-11-3-2-9(13)6-12(11)17(18)19/h2-6,15H,7H2,1H3. The highest BCUT2D eigenvalue weighted by Crippen LogP contribution is 2.25. The fourth-order valence-electron chi connectivity index (χ4n) is 1.59.